The van der Waals surface area contributed by atoms with E-state index < -0.39 is 21.7 Å². The first kappa shape index (κ1) is 26.9. The third-order valence-corrected chi connectivity index (χ3v) is 7.85. The Morgan fingerprint density at radius 3 is 2.26 bits per heavy atom. The molecule has 0 saturated heterocycles. The van der Waals surface area contributed by atoms with E-state index in [1.54, 1.807) is 48.5 Å². The Bertz CT molecular complexity index is 1830. The zero-order valence-electron chi connectivity index (χ0n) is 20.3. The number of hydrogen-bond donors (Lipinski definition) is 0. The van der Waals surface area contributed by atoms with Gasteiger partial charge < -0.3 is 4.57 Å². The van der Waals surface area contributed by atoms with Gasteiger partial charge in [-0.1, -0.05) is 52.7 Å². The molecular formula is C26H18Cl2F3N5O2S. The van der Waals surface area contributed by atoms with Gasteiger partial charge in [0.25, 0.3) is 0 Å². The van der Waals surface area contributed by atoms with Crippen LogP contribution in [-0.2, 0) is 16.0 Å². The molecule has 7 nitrogen and oxygen atoms in total. The van der Waals surface area contributed by atoms with Gasteiger partial charge in [-0.2, -0.15) is 13.2 Å². The largest absolute Gasteiger partial charge is 0.434 e. The van der Waals surface area contributed by atoms with E-state index in [0.717, 1.165) is 12.5 Å². The van der Waals surface area contributed by atoms with Crippen molar-refractivity contribution in [1.29, 1.82) is 0 Å². The van der Waals surface area contributed by atoms with Gasteiger partial charge in [-0.3, -0.25) is 0 Å². The van der Waals surface area contributed by atoms with Crippen LogP contribution in [0, 0.1) is 6.92 Å². The first-order valence-corrected chi connectivity index (χ1v) is 13.9. The van der Waals surface area contributed by atoms with Crippen molar-refractivity contribution in [2.75, 3.05) is 6.26 Å². The Kier molecular flexibility index (Phi) is 6.78. The highest BCUT2D eigenvalue weighted by molar-refractivity contribution is 7.90. The fourth-order valence-corrected chi connectivity index (χ4v) is 5.07. The molecule has 0 radical (unpaired) electrons. The monoisotopic (exact) mass is 591 g/mol. The maximum atomic E-state index is 13.5. The van der Waals surface area contributed by atoms with Gasteiger partial charge in [0.2, 0.25) is 0 Å². The van der Waals surface area contributed by atoms with Gasteiger partial charge in [-0.25, -0.2) is 18.1 Å². The highest BCUT2D eigenvalue weighted by Crippen LogP contribution is 2.35. The van der Waals surface area contributed by atoms with Gasteiger partial charge in [0.1, 0.15) is 5.82 Å². The summed E-state index contributed by atoms with van der Waals surface area (Å²) < 4.78 is 67.5. The van der Waals surface area contributed by atoms with Crippen molar-refractivity contribution in [2.45, 2.75) is 18.0 Å². The van der Waals surface area contributed by atoms with Gasteiger partial charge in [0.15, 0.2) is 15.5 Å². The average Bonchev–Trinajstić information content (AvgIpc) is 3.52. The lowest BCUT2D eigenvalue weighted by Gasteiger charge is -2.16. The second-order valence-corrected chi connectivity index (χ2v) is 11.5. The Hall–Kier alpha value is -3.67. The van der Waals surface area contributed by atoms with Gasteiger partial charge in [-0.05, 0) is 54.4 Å². The Morgan fingerprint density at radius 1 is 0.872 bits per heavy atom. The molecular weight excluding hydrogens is 574 g/mol. The van der Waals surface area contributed by atoms with Crippen LogP contribution in [0.25, 0.3) is 33.8 Å². The number of sulfone groups is 1. The molecule has 5 aromatic rings. The molecule has 0 spiro atoms. The summed E-state index contributed by atoms with van der Waals surface area (Å²) in [5.41, 5.74) is 1.95. The quantitative estimate of drug-likeness (QED) is 0.224. The summed E-state index contributed by atoms with van der Waals surface area (Å²) in [6.07, 6.45) is -1.13. The van der Waals surface area contributed by atoms with E-state index in [1.807, 2.05) is 0 Å². The molecule has 0 atom stereocenters. The van der Waals surface area contributed by atoms with E-state index in [1.165, 1.54) is 34.5 Å². The van der Waals surface area contributed by atoms with E-state index in [-0.39, 0.29) is 10.7 Å². The van der Waals surface area contributed by atoms with Crippen molar-refractivity contribution in [3.8, 4) is 33.8 Å². The molecule has 0 fully saturated rings. The molecule has 13 heteroatoms. The molecule has 0 aliphatic carbocycles. The number of alkyl halides is 3. The van der Waals surface area contributed by atoms with Crippen LogP contribution in [0.2, 0.25) is 10.0 Å². The Labute approximate surface area is 231 Å². The van der Waals surface area contributed by atoms with Crippen LogP contribution >= 0.6 is 23.2 Å². The van der Waals surface area contributed by atoms with Crippen LogP contribution in [0.3, 0.4) is 0 Å². The Morgan fingerprint density at radius 2 is 1.59 bits per heavy atom. The number of aromatic nitrogens is 5. The van der Waals surface area contributed by atoms with E-state index in [2.05, 4.69) is 15.3 Å². The van der Waals surface area contributed by atoms with Crippen LogP contribution in [0.5, 0.6) is 0 Å². The number of benzene rings is 3. The molecule has 0 aliphatic rings. The minimum absolute atomic E-state index is 0.103. The molecule has 0 aliphatic heterocycles. The molecule has 0 unspecified atom stereocenters. The summed E-state index contributed by atoms with van der Waals surface area (Å²) in [5, 5.41) is 8.90. The van der Waals surface area contributed by atoms with E-state index in [0.29, 0.717) is 43.8 Å². The second kappa shape index (κ2) is 9.82. The van der Waals surface area contributed by atoms with E-state index >= 15 is 0 Å². The van der Waals surface area contributed by atoms with Gasteiger partial charge in [0, 0.05) is 18.0 Å². The lowest BCUT2D eigenvalue weighted by molar-refractivity contribution is -0.141. The van der Waals surface area contributed by atoms with Crippen molar-refractivity contribution < 1.29 is 21.6 Å². The second-order valence-electron chi connectivity index (χ2n) is 8.70. The summed E-state index contributed by atoms with van der Waals surface area (Å²) in [5.74, 6) is 0.103. The van der Waals surface area contributed by atoms with Gasteiger partial charge in [0.05, 0.1) is 38.2 Å². The Balaban J connectivity index is 1.75. The molecule has 0 N–H and O–H groups in total. The van der Waals surface area contributed by atoms with Crippen molar-refractivity contribution in [3.63, 3.8) is 0 Å². The highest BCUT2D eigenvalue weighted by atomic mass is 35.5. The normalized spacial score (nSPS) is 12.2. The molecule has 0 amide bonds. The predicted octanol–water partition coefficient (Wildman–Crippen LogP) is 6.82. The first-order valence-electron chi connectivity index (χ1n) is 11.3. The molecule has 2 aromatic heterocycles. The SMILES string of the molecule is Cc1nc(C(F)(F)F)cn1-c1ccc(-c2cccc(S(C)(=O)=O)c2)cc1-n1nncc1-c1ccc(Cl)c(Cl)c1. The molecule has 0 bridgehead atoms. The zero-order chi connectivity index (χ0) is 28.1. The van der Waals surface area contributed by atoms with Gasteiger partial charge in [-0.15, -0.1) is 5.10 Å². The van der Waals surface area contributed by atoms with Crippen molar-refractivity contribution in [3.05, 3.63) is 94.6 Å². The molecule has 200 valence electrons. The number of halogens is 5. The third-order valence-electron chi connectivity index (χ3n) is 6.00. The van der Waals surface area contributed by atoms with Crippen molar-refractivity contribution in [2.24, 2.45) is 0 Å². The van der Waals surface area contributed by atoms with Crippen LogP contribution in [0.15, 0.2) is 78.0 Å². The minimum Gasteiger partial charge on any atom is -0.301 e. The van der Waals surface area contributed by atoms with Crippen LogP contribution in [-0.4, -0.2) is 39.2 Å². The minimum atomic E-state index is -4.64. The van der Waals surface area contributed by atoms with Crippen molar-refractivity contribution >= 4 is 33.0 Å². The average molecular weight is 592 g/mol. The zero-order valence-corrected chi connectivity index (χ0v) is 22.6. The van der Waals surface area contributed by atoms with Crippen LogP contribution in [0.4, 0.5) is 13.2 Å². The van der Waals surface area contributed by atoms with Gasteiger partial charge >= 0.3 is 6.18 Å². The third kappa shape index (κ3) is 5.29. The molecule has 0 saturated carbocycles. The topological polar surface area (TPSA) is 82.7 Å². The van der Waals surface area contributed by atoms with E-state index in [4.69, 9.17) is 23.2 Å². The molecule has 2 heterocycles. The summed E-state index contributed by atoms with van der Waals surface area (Å²) in [6.45, 7) is 1.46. The lowest BCUT2D eigenvalue weighted by Crippen LogP contribution is -2.07. The summed E-state index contributed by atoms with van der Waals surface area (Å²) in [6, 6.07) is 16.3. The lowest BCUT2D eigenvalue weighted by atomic mass is 10.0. The van der Waals surface area contributed by atoms with Crippen LogP contribution < -0.4 is 0 Å². The highest BCUT2D eigenvalue weighted by Gasteiger charge is 2.34. The summed E-state index contributed by atoms with van der Waals surface area (Å²) in [7, 11) is -3.47. The molecule has 39 heavy (non-hydrogen) atoms. The number of rotatable bonds is 5. The molecule has 5 rings (SSSR count). The number of nitrogens with zero attached hydrogens (tertiary/aromatic N) is 5. The standard InChI is InChI=1S/C26H18Cl2F3N5O2S/c1-15-33-25(26(29,30)31)14-35(15)22-9-7-17(16-4-3-5-19(10-16)39(2,37)38)12-23(22)36-24(13-32-34-36)18-6-8-20(27)21(28)11-18/h3-14H,1-2H3. The smallest absolute Gasteiger partial charge is 0.301 e. The van der Waals surface area contributed by atoms with Crippen LogP contribution in [0.1, 0.15) is 11.5 Å². The fourth-order valence-electron chi connectivity index (χ4n) is 4.10. The molecule has 3 aromatic carbocycles. The maximum absolute atomic E-state index is 13.5. The summed E-state index contributed by atoms with van der Waals surface area (Å²) in [4.78, 5) is 3.82. The maximum Gasteiger partial charge on any atom is 0.434 e. The number of hydrogen-bond acceptors (Lipinski definition) is 5. The predicted molar refractivity (Wildman–Crippen MR) is 142 cm³/mol. The fraction of sp³-hybridized carbons (Fsp3) is 0.115. The van der Waals surface area contributed by atoms with E-state index in [9.17, 15) is 21.6 Å². The summed E-state index contributed by atoms with van der Waals surface area (Å²) >= 11 is 12.3. The number of aryl methyl sites for hydroxylation is 1. The first-order chi connectivity index (χ1) is 18.3. The number of imidazole rings is 1. The van der Waals surface area contributed by atoms with Crippen molar-refractivity contribution in [1.82, 2.24) is 24.5 Å².